The Bertz CT molecular complexity index is 786. The number of esters is 1. The summed E-state index contributed by atoms with van der Waals surface area (Å²) in [7, 11) is 0. The van der Waals surface area contributed by atoms with E-state index in [1.54, 1.807) is 23.1 Å². The molecule has 0 saturated heterocycles. The number of hydrogen-bond donors (Lipinski definition) is 0. The van der Waals surface area contributed by atoms with Crippen LogP contribution >= 0.6 is 34.7 Å². The Balaban J connectivity index is 1.45. The number of carbonyl (C=O) groups is 1. The van der Waals surface area contributed by atoms with Gasteiger partial charge in [-0.3, -0.25) is 4.79 Å². The Morgan fingerprint density at radius 3 is 2.78 bits per heavy atom. The van der Waals surface area contributed by atoms with Crippen LogP contribution < -0.4 is 0 Å². The van der Waals surface area contributed by atoms with Crippen molar-refractivity contribution in [2.24, 2.45) is 0 Å². The third-order valence-corrected chi connectivity index (χ3v) is 5.62. The molecule has 2 aromatic carbocycles. The van der Waals surface area contributed by atoms with E-state index < -0.39 is 0 Å². The van der Waals surface area contributed by atoms with Gasteiger partial charge in [-0.2, -0.15) is 0 Å². The molecule has 1 aromatic heterocycles. The normalized spacial score (nSPS) is 10.8. The zero-order chi connectivity index (χ0) is 16.1. The smallest absolute Gasteiger partial charge is 0.307 e. The first-order valence-electron chi connectivity index (χ1n) is 7.10. The van der Waals surface area contributed by atoms with Crippen LogP contribution in [0.5, 0.6) is 0 Å². The molecule has 3 aromatic rings. The van der Waals surface area contributed by atoms with Crippen LogP contribution in [0.3, 0.4) is 0 Å². The molecular formula is C17H14ClNO2S2. The molecular weight excluding hydrogens is 350 g/mol. The molecule has 0 bridgehead atoms. The Morgan fingerprint density at radius 2 is 1.96 bits per heavy atom. The van der Waals surface area contributed by atoms with Crippen molar-refractivity contribution in [1.29, 1.82) is 0 Å². The molecule has 0 fully saturated rings. The maximum atomic E-state index is 11.8. The number of thiazole rings is 1. The molecule has 0 atom stereocenters. The molecule has 0 aliphatic heterocycles. The van der Waals surface area contributed by atoms with Gasteiger partial charge in [-0.25, -0.2) is 4.98 Å². The molecule has 0 aliphatic carbocycles. The van der Waals surface area contributed by atoms with Crippen LogP contribution in [0.15, 0.2) is 53.4 Å². The number of benzene rings is 2. The molecule has 0 spiro atoms. The van der Waals surface area contributed by atoms with E-state index in [2.05, 4.69) is 4.98 Å². The molecule has 1 heterocycles. The summed E-state index contributed by atoms with van der Waals surface area (Å²) < 4.78 is 6.39. The lowest BCUT2D eigenvalue weighted by Gasteiger charge is -2.04. The second-order valence-corrected chi connectivity index (χ2v) is 7.42. The van der Waals surface area contributed by atoms with Crippen LogP contribution in [0.2, 0.25) is 5.02 Å². The number of hydrogen-bond acceptors (Lipinski definition) is 5. The second-order valence-electron chi connectivity index (χ2n) is 4.76. The van der Waals surface area contributed by atoms with E-state index in [9.17, 15) is 4.79 Å². The van der Waals surface area contributed by atoms with Crippen molar-refractivity contribution in [3.8, 4) is 0 Å². The second kappa shape index (κ2) is 7.81. The lowest BCUT2D eigenvalue weighted by Crippen LogP contribution is -2.05. The fraction of sp³-hybridized carbons (Fsp3) is 0.176. The average Bonchev–Trinajstić information content (AvgIpc) is 2.98. The van der Waals surface area contributed by atoms with Crippen LogP contribution in [-0.4, -0.2) is 16.7 Å². The number of aromatic nitrogens is 1. The minimum Gasteiger partial charge on any atom is -0.458 e. The highest BCUT2D eigenvalue weighted by atomic mass is 35.5. The Kier molecular flexibility index (Phi) is 5.54. The van der Waals surface area contributed by atoms with Crippen molar-refractivity contribution in [2.45, 2.75) is 17.9 Å². The first-order valence-corrected chi connectivity index (χ1v) is 9.28. The Hall–Kier alpha value is -1.56. The quantitative estimate of drug-likeness (QED) is 0.447. The van der Waals surface area contributed by atoms with E-state index in [1.807, 2.05) is 48.5 Å². The number of halogens is 1. The maximum Gasteiger partial charge on any atom is 0.307 e. The lowest BCUT2D eigenvalue weighted by molar-refractivity contribution is -0.144. The minimum atomic E-state index is -0.219. The molecule has 3 nitrogen and oxygen atoms in total. The predicted molar refractivity (Wildman–Crippen MR) is 96.2 cm³/mol. The van der Waals surface area contributed by atoms with Gasteiger partial charge in [0, 0.05) is 10.6 Å². The van der Waals surface area contributed by atoms with Crippen LogP contribution in [0.1, 0.15) is 11.4 Å². The van der Waals surface area contributed by atoms with Crippen molar-refractivity contribution in [1.82, 2.24) is 4.98 Å². The lowest BCUT2D eigenvalue weighted by atomic mass is 10.3. The molecule has 0 amide bonds. The van der Waals surface area contributed by atoms with E-state index in [4.69, 9.17) is 16.3 Å². The summed E-state index contributed by atoms with van der Waals surface area (Å²) in [4.78, 5) is 17.2. The van der Waals surface area contributed by atoms with E-state index in [-0.39, 0.29) is 12.6 Å². The molecule has 3 rings (SSSR count). The van der Waals surface area contributed by atoms with Crippen LogP contribution in [-0.2, 0) is 16.1 Å². The third kappa shape index (κ3) is 4.47. The van der Waals surface area contributed by atoms with Gasteiger partial charge in [0.1, 0.15) is 11.6 Å². The van der Waals surface area contributed by atoms with Gasteiger partial charge in [0.25, 0.3) is 0 Å². The number of ether oxygens (including phenoxy) is 1. The first kappa shape index (κ1) is 16.3. The zero-order valence-corrected chi connectivity index (χ0v) is 14.6. The first-order chi connectivity index (χ1) is 11.2. The summed E-state index contributed by atoms with van der Waals surface area (Å²) >= 11 is 9.18. The van der Waals surface area contributed by atoms with E-state index in [0.29, 0.717) is 17.2 Å². The van der Waals surface area contributed by atoms with E-state index in [1.165, 1.54) is 0 Å². The fourth-order valence-corrected chi connectivity index (χ4v) is 4.05. The van der Waals surface area contributed by atoms with Crippen LogP contribution in [0.4, 0.5) is 0 Å². The maximum absolute atomic E-state index is 11.8. The molecule has 118 valence electrons. The summed E-state index contributed by atoms with van der Waals surface area (Å²) in [5, 5.41) is 1.53. The number of carbonyl (C=O) groups excluding carboxylic acids is 1. The summed E-state index contributed by atoms with van der Waals surface area (Å²) in [6.07, 6.45) is 0.348. The van der Waals surface area contributed by atoms with E-state index >= 15 is 0 Å². The van der Waals surface area contributed by atoms with Gasteiger partial charge >= 0.3 is 5.97 Å². The van der Waals surface area contributed by atoms with Gasteiger partial charge in [-0.05, 0) is 24.3 Å². The Morgan fingerprint density at radius 1 is 1.17 bits per heavy atom. The Labute approximate surface area is 147 Å². The number of para-hydroxylation sites is 1. The third-order valence-electron chi connectivity index (χ3n) is 3.10. The summed E-state index contributed by atoms with van der Waals surface area (Å²) in [6.45, 7) is 0.231. The van der Waals surface area contributed by atoms with Crippen molar-refractivity contribution in [2.75, 3.05) is 5.75 Å². The molecule has 23 heavy (non-hydrogen) atoms. The topological polar surface area (TPSA) is 39.2 Å². The largest absolute Gasteiger partial charge is 0.458 e. The van der Waals surface area contributed by atoms with Gasteiger partial charge in [-0.1, -0.05) is 35.9 Å². The number of nitrogens with zero attached hydrogens (tertiary/aromatic N) is 1. The molecule has 6 heteroatoms. The van der Waals surface area contributed by atoms with Crippen LogP contribution in [0.25, 0.3) is 10.2 Å². The summed E-state index contributed by atoms with van der Waals surface area (Å²) in [5.74, 6) is 0.423. The fourth-order valence-electron chi connectivity index (χ4n) is 2.00. The van der Waals surface area contributed by atoms with Gasteiger partial charge in [0.05, 0.1) is 21.7 Å². The van der Waals surface area contributed by atoms with Crippen LogP contribution in [0, 0.1) is 0 Å². The van der Waals surface area contributed by atoms with Gasteiger partial charge in [0.2, 0.25) is 0 Å². The number of rotatable bonds is 6. The van der Waals surface area contributed by atoms with Gasteiger partial charge in [-0.15, -0.1) is 23.1 Å². The van der Waals surface area contributed by atoms with Gasteiger partial charge in [0.15, 0.2) is 0 Å². The monoisotopic (exact) mass is 363 g/mol. The summed E-state index contributed by atoms with van der Waals surface area (Å²) in [5.41, 5.74) is 0.942. The highest BCUT2D eigenvalue weighted by Crippen LogP contribution is 2.27. The molecule has 0 saturated carbocycles. The average molecular weight is 364 g/mol. The molecule has 0 unspecified atom stereocenters. The zero-order valence-electron chi connectivity index (χ0n) is 12.2. The van der Waals surface area contributed by atoms with Crippen molar-refractivity contribution < 1.29 is 9.53 Å². The van der Waals surface area contributed by atoms with Crippen molar-refractivity contribution in [3.63, 3.8) is 0 Å². The number of thioether (sulfide) groups is 1. The summed E-state index contributed by atoms with van der Waals surface area (Å²) in [6, 6.07) is 15.5. The van der Waals surface area contributed by atoms with Crippen molar-refractivity contribution in [3.05, 3.63) is 58.6 Å². The molecule has 0 aliphatic rings. The number of fused-ring (bicyclic) bond motifs is 1. The molecule has 0 radical (unpaired) electrons. The highest BCUT2D eigenvalue weighted by Gasteiger charge is 2.08. The highest BCUT2D eigenvalue weighted by molar-refractivity contribution is 7.99. The SMILES string of the molecule is O=C(CCSc1ccccc1Cl)OCc1nc2ccccc2s1. The predicted octanol–water partition coefficient (Wildman–Crippen LogP) is 5.18. The standard InChI is InChI=1S/C17H14ClNO2S2/c18-12-5-1-3-7-14(12)22-10-9-17(20)21-11-16-19-13-6-2-4-8-15(13)23-16/h1-8H,9-11H2. The van der Waals surface area contributed by atoms with Crippen molar-refractivity contribution >= 4 is 50.9 Å². The van der Waals surface area contributed by atoms with Gasteiger partial charge < -0.3 is 4.74 Å². The minimum absolute atomic E-state index is 0.219. The molecule has 0 N–H and O–H groups in total. The van der Waals surface area contributed by atoms with E-state index in [0.717, 1.165) is 20.1 Å².